The van der Waals surface area contributed by atoms with Gasteiger partial charge in [0, 0.05) is 35.7 Å². The summed E-state index contributed by atoms with van der Waals surface area (Å²) in [6.45, 7) is 5.63. The first-order valence-electron chi connectivity index (χ1n) is 7.91. The van der Waals surface area contributed by atoms with E-state index in [-0.39, 0.29) is 5.91 Å². The van der Waals surface area contributed by atoms with Crippen molar-refractivity contribution >= 4 is 17.2 Å². The molecule has 0 bridgehead atoms. The van der Waals surface area contributed by atoms with Crippen molar-refractivity contribution < 1.29 is 4.79 Å². The van der Waals surface area contributed by atoms with Crippen molar-refractivity contribution in [3.8, 4) is 0 Å². The van der Waals surface area contributed by atoms with Gasteiger partial charge in [0.25, 0.3) is 5.91 Å². The molecule has 118 valence electrons. The molecule has 22 heavy (non-hydrogen) atoms. The van der Waals surface area contributed by atoms with Crippen molar-refractivity contribution in [3.05, 3.63) is 33.0 Å². The smallest absolute Gasteiger partial charge is 0.252 e. The lowest BCUT2D eigenvalue weighted by atomic mass is 10.2. The van der Waals surface area contributed by atoms with Crippen LogP contribution in [0.3, 0.4) is 0 Å². The van der Waals surface area contributed by atoms with Crippen LogP contribution < -0.4 is 5.32 Å². The van der Waals surface area contributed by atoms with Crippen molar-refractivity contribution in [2.24, 2.45) is 0 Å². The van der Waals surface area contributed by atoms with Gasteiger partial charge in [-0.2, -0.15) is 0 Å². The summed E-state index contributed by atoms with van der Waals surface area (Å²) in [7, 11) is 0. The first-order valence-corrected chi connectivity index (χ1v) is 8.73. The number of fused-ring (bicyclic) bond motifs is 1. The molecule has 1 aliphatic rings. The average molecular weight is 318 g/mol. The Balaban J connectivity index is 1.58. The second-order valence-corrected chi connectivity index (χ2v) is 7.29. The van der Waals surface area contributed by atoms with Crippen molar-refractivity contribution in [1.29, 1.82) is 0 Å². The Morgan fingerprint density at radius 2 is 2.18 bits per heavy atom. The molecule has 6 heteroatoms. The third kappa shape index (κ3) is 3.21. The highest BCUT2D eigenvalue weighted by Crippen LogP contribution is 2.20. The van der Waals surface area contributed by atoms with Gasteiger partial charge in [0.05, 0.1) is 5.56 Å². The molecular weight excluding hydrogens is 296 g/mol. The molecule has 0 radical (unpaired) electrons. The molecule has 1 N–H and O–H groups in total. The van der Waals surface area contributed by atoms with E-state index in [4.69, 9.17) is 0 Å². The first kappa shape index (κ1) is 15.2. The zero-order valence-electron chi connectivity index (χ0n) is 13.2. The number of carbonyl (C=O) groups excluding carboxylic acids is 1. The van der Waals surface area contributed by atoms with Crippen LogP contribution in [0.1, 0.15) is 51.0 Å². The number of nitrogens with one attached hydrogen (secondary N) is 1. The number of amides is 1. The molecule has 0 spiro atoms. The molecule has 3 rings (SSSR count). The SMILES string of the molecule is Cc1cc(C(=O)NCCc2nnc3n2CCCCC3)c(C)s1. The molecule has 2 aromatic rings. The van der Waals surface area contributed by atoms with Crippen LogP contribution in [0.15, 0.2) is 6.07 Å². The summed E-state index contributed by atoms with van der Waals surface area (Å²) in [5.74, 6) is 2.11. The number of nitrogens with zero attached hydrogens (tertiary/aromatic N) is 3. The van der Waals surface area contributed by atoms with E-state index in [0.717, 1.165) is 41.5 Å². The Morgan fingerprint density at radius 1 is 1.32 bits per heavy atom. The Bertz CT molecular complexity index is 674. The van der Waals surface area contributed by atoms with E-state index < -0.39 is 0 Å². The zero-order chi connectivity index (χ0) is 15.5. The largest absolute Gasteiger partial charge is 0.352 e. The summed E-state index contributed by atoms with van der Waals surface area (Å²) in [5, 5.41) is 11.6. The fourth-order valence-corrected chi connectivity index (χ4v) is 3.89. The monoisotopic (exact) mass is 318 g/mol. The predicted octanol–water partition coefficient (Wildman–Crippen LogP) is 2.66. The molecule has 0 aliphatic carbocycles. The van der Waals surface area contributed by atoms with Crippen molar-refractivity contribution in [3.63, 3.8) is 0 Å². The highest BCUT2D eigenvalue weighted by molar-refractivity contribution is 7.12. The molecule has 0 saturated heterocycles. The third-order valence-corrected chi connectivity index (χ3v) is 5.07. The maximum absolute atomic E-state index is 12.2. The molecule has 5 nitrogen and oxygen atoms in total. The van der Waals surface area contributed by atoms with Crippen LogP contribution in [-0.4, -0.2) is 27.2 Å². The van der Waals surface area contributed by atoms with Gasteiger partial charge in [-0.05, 0) is 32.8 Å². The van der Waals surface area contributed by atoms with E-state index in [2.05, 4.69) is 20.1 Å². The van der Waals surface area contributed by atoms with E-state index in [1.165, 1.54) is 24.1 Å². The molecule has 0 aromatic carbocycles. The number of hydrogen-bond donors (Lipinski definition) is 1. The normalized spacial score (nSPS) is 14.5. The highest BCUT2D eigenvalue weighted by Gasteiger charge is 2.15. The molecule has 3 heterocycles. The topological polar surface area (TPSA) is 59.8 Å². The highest BCUT2D eigenvalue weighted by atomic mass is 32.1. The molecule has 2 aromatic heterocycles. The molecule has 0 saturated carbocycles. The number of rotatable bonds is 4. The Kier molecular flexibility index (Phi) is 4.57. The second-order valence-electron chi connectivity index (χ2n) is 5.83. The molecule has 0 atom stereocenters. The molecule has 1 amide bonds. The maximum Gasteiger partial charge on any atom is 0.252 e. The van der Waals surface area contributed by atoms with Gasteiger partial charge in [-0.1, -0.05) is 6.42 Å². The minimum absolute atomic E-state index is 0.0115. The Labute approximate surface area is 134 Å². The van der Waals surface area contributed by atoms with E-state index >= 15 is 0 Å². The third-order valence-electron chi connectivity index (χ3n) is 4.11. The van der Waals surface area contributed by atoms with Crippen LogP contribution >= 0.6 is 11.3 Å². The Hall–Kier alpha value is -1.69. The lowest BCUT2D eigenvalue weighted by Gasteiger charge is -2.08. The molecular formula is C16H22N4OS. The average Bonchev–Trinajstić information content (AvgIpc) is 2.93. The van der Waals surface area contributed by atoms with Gasteiger partial charge in [0.2, 0.25) is 0 Å². The number of aryl methyl sites for hydroxylation is 3. The summed E-state index contributed by atoms with van der Waals surface area (Å²) in [6.07, 6.45) is 5.41. The van der Waals surface area contributed by atoms with Gasteiger partial charge in [-0.3, -0.25) is 4.79 Å². The quantitative estimate of drug-likeness (QED) is 0.943. The van der Waals surface area contributed by atoms with Gasteiger partial charge in [0.15, 0.2) is 0 Å². The van der Waals surface area contributed by atoms with Gasteiger partial charge < -0.3 is 9.88 Å². The van der Waals surface area contributed by atoms with Crippen molar-refractivity contribution in [1.82, 2.24) is 20.1 Å². The number of hydrogen-bond acceptors (Lipinski definition) is 4. The number of carbonyl (C=O) groups is 1. The summed E-state index contributed by atoms with van der Waals surface area (Å²) in [4.78, 5) is 14.5. The van der Waals surface area contributed by atoms with Gasteiger partial charge in [-0.25, -0.2) is 0 Å². The van der Waals surface area contributed by atoms with Crippen molar-refractivity contribution in [2.45, 2.75) is 52.5 Å². The minimum atomic E-state index is 0.0115. The number of thiophene rings is 1. The van der Waals surface area contributed by atoms with E-state index in [9.17, 15) is 4.79 Å². The molecule has 1 aliphatic heterocycles. The number of aromatic nitrogens is 3. The van der Waals surface area contributed by atoms with Crippen LogP contribution in [0.5, 0.6) is 0 Å². The van der Waals surface area contributed by atoms with Crippen LogP contribution in [0.25, 0.3) is 0 Å². The van der Waals surface area contributed by atoms with Crippen LogP contribution in [0, 0.1) is 13.8 Å². The Morgan fingerprint density at radius 3 is 2.95 bits per heavy atom. The van der Waals surface area contributed by atoms with Crippen LogP contribution in [-0.2, 0) is 19.4 Å². The first-order chi connectivity index (χ1) is 10.6. The van der Waals surface area contributed by atoms with E-state index in [1.54, 1.807) is 11.3 Å². The lowest BCUT2D eigenvalue weighted by molar-refractivity contribution is 0.0953. The molecule has 0 fully saturated rings. The second kappa shape index (κ2) is 6.60. The van der Waals surface area contributed by atoms with E-state index in [1.807, 2.05) is 19.9 Å². The summed E-state index contributed by atoms with van der Waals surface area (Å²) in [6, 6.07) is 1.96. The summed E-state index contributed by atoms with van der Waals surface area (Å²) < 4.78 is 2.24. The minimum Gasteiger partial charge on any atom is -0.352 e. The van der Waals surface area contributed by atoms with Gasteiger partial charge in [-0.15, -0.1) is 21.5 Å². The summed E-state index contributed by atoms with van der Waals surface area (Å²) >= 11 is 1.66. The zero-order valence-corrected chi connectivity index (χ0v) is 14.0. The maximum atomic E-state index is 12.2. The van der Waals surface area contributed by atoms with Crippen LogP contribution in [0.2, 0.25) is 0 Å². The van der Waals surface area contributed by atoms with E-state index in [0.29, 0.717) is 6.54 Å². The fraction of sp³-hybridized carbons (Fsp3) is 0.562. The van der Waals surface area contributed by atoms with Gasteiger partial charge >= 0.3 is 0 Å². The fourth-order valence-electron chi connectivity index (χ4n) is 2.97. The van der Waals surface area contributed by atoms with Crippen molar-refractivity contribution in [2.75, 3.05) is 6.54 Å². The summed E-state index contributed by atoms with van der Waals surface area (Å²) in [5.41, 5.74) is 0.794. The van der Waals surface area contributed by atoms with Gasteiger partial charge in [0.1, 0.15) is 11.6 Å². The predicted molar refractivity (Wildman–Crippen MR) is 87.4 cm³/mol. The lowest BCUT2D eigenvalue weighted by Crippen LogP contribution is -2.26. The molecule has 0 unspecified atom stereocenters. The van der Waals surface area contributed by atoms with Crippen LogP contribution in [0.4, 0.5) is 0 Å². The standard InChI is InChI=1S/C16H22N4OS/c1-11-10-13(12(2)22-11)16(21)17-8-7-15-19-18-14-6-4-3-5-9-20(14)15/h10H,3-9H2,1-2H3,(H,17,21).